The normalized spacial score (nSPS) is 20.3. The second kappa shape index (κ2) is 6.10. The van der Waals surface area contributed by atoms with Gasteiger partial charge in [-0.2, -0.15) is 5.10 Å². The van der Waals surface area contributed by atoms with Gasteiger partial charge in [-0.3, -0.25) is 4.79 Å². The molecule has 1 atom stereocenters. The maximum atomic E-state index is 12.1. The highest BCUT2D eigenvalue weighted by Gasteiger charge is 2.30. The molecular formula is C11H16N4OS2. The Morgan fingerprint density at radius 1 is 1.67 bits per heavy atom. The van der Waals surface area contributed by atoms with Gasteiger partial charge in [0.15, 0.2) is 5.17 Å². The Kier molecular flexibility index (Phi) is 4.48. The van der Waals surface area contributed by atoms with Crippen LogP contribution >= 0.6 is 23.1 Å². The number of amides is 1. The van der Waals surface area contributed by atoms with Crippen molar-refractivity contribution in [2.75, 3.05) is 12.3 Å². The summed E-state index contributed by atoms with van der Waals surface area (Å²) in [5, 5.41) is 5.64. The zero-order valence-electron chi connectivity index (χ0n) is 9.91. The Bertz CT molecular complexity index is 432. The zero-order chi connectivity index (χ0) is 13.0. The minimum atomic E-state index is 0.0995. The van der Waals surface area contributed by atoms with Gasteiger partial charge in [0.1, 0.15) is 0 Å². The Hall–Kier alpha value is -1.21. The molecule has 98 valence electrons. The number of thioether (sulfide) groups is 1. The van der Waals surface area contributed by atoms with Crippen LogP contribution in [0.15, 0.2) is 22.6 Å². The van der Waals surface area contributed by atoms with E-state index in [2.05, 4.69) is 11.2 Å². The standard InChI is InChI=1S/C11H16N4OS2/c12-11(14-13)18-7-10(16)15-5-1-3-8(15)9-4-2-6-17-9/h2,4,6,8H,1,3,5,7,13H2,(H2,12,14). The number of nitrogens with zero attached hydrogens (tertiary/aromatic N) is 2. The highest BCUT2D eigenvalue weighted by molar-refractivity contribution is 8.14. The molecule has 0 radical (unpaired) electrons. The maximum Gasteiger partial charge on any atom is 0.233 e. The number of hydrogen-bond acceptors (Lipinski definition) is 5. The Labute approximate surface area is 114 Å². The third-order valence-corrected chi connectivity index (χ3v) is 4.68. The molecule has 1 amide bonds. The smallest absolute Gasteiger partial charge is 0.233 e. The predicted molar refractivity (Wildman–Crippen MR) is 76.3 cm³/mol. The summed E-state index contributed by atoms with van der Waals surface area (Å²) < 4.78 is 0. The van der Waals surface area contributed by atoms with Crippen molar-refractivity contribution in [2.24, 2.45) is 16.7 Å². The number of thiophene rings is 1. The lowest BCUT2D eigenvalue weighted by molar-refractivity contribution is -0.129. The fraction of sp³-hybridized carbons (Fsp3) is 0.455. The summed E-state index contributed by atoms with van der Waals surface area (Å²) in [7, 11) is 0. The van der Waals surface area contributed by atoms with Gasteiger partial charge in [0, 0.05) is 11.4 Å². The molecule has 1 aliphatic rings. The Morgan fingerprint density at radius 2 is 2.50 bits per heavy atom. The molecule has 1 unspecified atom stereocenters. The van der Waals surface area contributed by atoms with E-state index in [1.54, 1.807) is 11.3 Å². The summed E-state index contributed by atoms with van der Waals surface area (Å²) in [6.07, 6.45) is 2.09. The van der Waals surface area contributed by atoms with Gasteiger partial charge >= 0.3 is 0 Å². The molecule has 0 aromatic carbocycles. The van der Waals surface area contributed by atoms with E-state index in [0.717, 1.165) is 19.4 Å². The SMILES string of the molecule is NN=C(N)SCC(=O)N1CCCC1c1cccs1. The van der Waals surface area contributed by atoms with Gasteiger partial charge < -0.3 is 16.5 Å². The summed E-state index contributed by atoms with van der Waals surface area (Å²) in [5.41, 5.74) is 5.47. The molecule has 1 aromatic rings. The molecule has 4 N–H and O–H groups in total. The van der Waals surface area contributed by atoms with Gasteiger partial charge in [-0.05, 0) is 24.3 Å². The van der Waals surface area contributed by atoms with Crippen LogP contribution in [0.3, 0.4) is 0 Å². The van der Waals surface area contributed by atoms with E-state index < -0.39 is 0 Å². The van der Waals surface area contributed by atoms with E-state index in [4.69, 9.17) is 11.6 Å². The molecule has 18 heavy (non-hydrogen) atoms. The predicted octanol–water partition coefficient (Wildman–Crippen LogP) is 1.33. The number of hydrazone groups is 1. The van der Waals surface area contributed by atoms with E-state index in [0.29, 0.717) is 5.75 Å². The zero-order valence-corrected chi connectivity index (χ0v) is 11.5. The van der Waals surface area contributed by atoms with Crippen molar-refractivity contribution in [3.63, 3.8) is 0 Å². The first-order valence-electron chi connectivity index (χ1n) is 5.71. The van der Waals surface area contributed by atoms with Crippen molar-refractivity contribution in [2.45, 2.75) is 18.9 Å². The molecule has 0 bridgehead atoms. The highest BCUT2D eigenvalue weighted by atomic mass is 32.2. The summed E-state index contributed by atoms with van der Waals surface area (Å²) >= 11 is 2.89. The van der Waals surface area contributed by atoms with Crippen LogP contribution in [0.1, 0.15) is 23.8 Å². The molecule has 2 heterocycles. The summed E-state index contributed by atoms with van der Waals surface area (Å²) in [4.78, 5) is 15.3. The van der Waals surface area contributed by atoms with Crippen molar-refractivity contribution in [1.82, 2.24) is 4.90 Å². The van der Waals surface area contributed by atoms with Crippen molar-refractivity contribution in [1.29, 1.82) is 0 Å². The number of amidine groups is 1. The topological polar surface area (TPSA) is 84.7 Å². The fourth-order valence-electron chi connectivity index (χ4n) is 2.10. The van der Waals surface area contributed by atoms with Crippen LogP contribution in [-0.4, -0.2) is 28.3 Å². The minimum Gasteiger partial charge on any atom is -0.377 e. The van der Waals surface area contributed by atoms with Crippen molar-refractivity contribution in [3.05, 3.63) is 22.4 Å². The van der Waals surface area contributed by atoms with Gasteiger partial charge in [-0.1, -0.05) is 17.8 Å². The number of likely N-dealkylation sites (tertiary alicyclic amines) is 1. The van der Waals surface area contributed by atoms with E-state index in [1.165, 1.54) is 16.6 Å². The summed E-state index contributed by atoms with van der Waals surface area (Å²) in [5.74, 6) is 5.43. The highest BCUT2D eigenvalue weighted by Crippen LogP contribution is 2.34. The maximum absolute atomic E-state index is 12.1. The first kappa shape index (κ1) is 13.2. The fourth-order valence-corrected chi connectivity index (χ4v) is 3.48. The third-order valence-electron chi connectivity index (χ3n) is 2.92. The third kappa shape index (κ3) is 2.97. The number of hydrogen-bond donors (Lipinski definition) is 2. The molecule has 0 aliphatic carbocycles. The lowest BCUT2D eigenvalue weighted by atomic mass is 10.2. The van der Waals surface area contributed by atoms with E-state index in [-0.39, 0.29) is 17.1 Å². The molecular weight excluding hydrogens is 268 g/mol. The lowest BCUT2D eigenvalue weighted by Gasteiger charge is -2.23. The average molecular weight is 284 g/mol. The van der Waals surface area contributed by atoms with Crippen LogP contribution < -0.4 is 11.6 Å². The van der Waals surface area contributed by atoms with Gasteiger partial charge in [-0.15, -0.1) is 11.3 Å². The molecule has 1 aromatic heterocycles. The molecule has 1 fully saturated rings. The van der Waals surface area contributed by atoms with Crippen molar-refractivity contribution >= 4 is 34.2 Å². The number of carbonyl (C=O) groups excluding carboxylic acids is 1. The van der Waals surface area contributed by atoms with Crippen LogP contribution in [0.4, 0.5) is 0 Å². The minimum absolute atomic E-state index is 0.0995. The molecule has 1 aliphatic heterocycles. The second-order valence-corrected chi connectivity index (χ2v) is 5.99. The van der Waals surface area contributed by atoms with Gasteiger partial charge in [0.25, 0.3) is 0 Å². The molecule has 0 saturated carbocycles. The molecule has 0 spiro atoms. The number of rotatable bonds is 3. The van der Waals surface area contributed by atoms with E-state index in [1.807, 2.05) is 16.3 Å². The van der Waals surface area contributed by atoms with E-state index >= 15 is 0 Å². The Balaban J connectivity index is 1.97. The monoisotopic (exact) mass is 284 g/mol. The summed E-state index contributed by atoms with van der Waals surface area (Å²) in [6, 6.07) is 4.34. The molecule has 1 saturated heterocycles. The van der Waals surface area contributed by atoms with Crippen LogP contribution in [0, 0.1) is 0 Å². The quantitative estimate of drug-likeness (QED) is 0.379. The largest absolute Gasteiger partial charge is 0.377 e. The first-order chi connectivity index (χ1) is 8.72. The van der Waals surface area contributed by atoms with Crippen molar-refractivity contribution in [3.8, 4) is 0 Å². The van der Waals surface area contributed by atoms with Gasteiger partial charge in [0.05, 0.1) is 11.8 Å². The number of nitrogens with two attached hydrogens (primary N) is 2. The van der Waals surface area contributed by atoms with Crippen LogP contribution in [-0.2, 0) is 4.79 Å². The van der Waals surface area contributed by atoms with Crippen molar-refractivity contribution < 1.29 is 4.79 Å². The van der Waals surface area contributed by atoms with Crippen LogP contribution in [0.2, 0.25) is 0 Å². The van der Waals surface area contributed by atoms with Gasteiger partial charge in [-0.25, -0.2) is 0 Å². The first-order valence-corrected chi connectivity index (χ1v) is 7.58. The van der Waals surface area contributed by atoms with Gasteiger partial charge in [0.2, 0.25) is 5.91 Å². The van der Waals surface area contributed by atoms with Crippen LogP contribution in [0.25, 0.3) is 0 Å². The Morgan fingerprint density at radius 3 is 3.17 bits per heavy atom. The number of carbonyl (C=O) groups is 1. The molecule has 5 nitrogen and oxygen atoms in total. The lowest BCUT2D eigenvalue weighted by Crippen LogP contribution is -2.32. The molecule has 2 rings (SSSR count). The second-order valence-electron chi connectivity index (χ2n) is 4.02. The summed E-state index contributed by atoms with van der Waals surface area (Å²) in [6.45, 7) is 0.821. The van der Waals surface area contributed by atoms with E-state index in [9.17, 15) is 4.79 Å². The molecule has 7 heteroatoms. The van der Waals surface area contributed by atoms with Crippen LogP contribution in [0.5, 0.6) is 0 Å². The average Bonchev–Trinajstić information content (AvgIpc) is 3.04.